The van der Waals surface area contributed by atoms with Gasteiger partial charge in [-0.1, -0.05) is 11.8 Å². The van der Waals surface area contributed by atoms with E-state index in [1.807, 2.05) is 0 Å². The Morgan fingerprint density at radius 3 is 2.68 bits per heavy atom. The number of thioether (sulfide) groups is 1. The van der Waals surface area contributed by atoms with Gasteiger partial charge in [-0.05, 0) is 48.9 Å². The van der Waals surface area contributed by atoms with Crippen molar-refractivity contribution in [2.24, 2.45) is 10.7 Å². The van der Waals surface area contributed by atoms with E-state index in [1.165, 1.54) is 36.2 Å². The number of hydrogen-bond acceptors (Lipinski definition) is 8. The van der Waals surface area contributed by atoms with Crippen LogP contribution in [0, 0.1) is 17.7 Å². The van der Waals surface area contributed by atoms with Gasteiger partial charge in [-0.25, -0.2) is 19.3 Å². The number of rotatable bonds is 3. The van der Waals surface area contributed by atoms with Crippen molar-refractivity contribution in [3.8, 4) is 22.8 Å². The zero-order valence-corrected chi connectivity index (χ0v) is 20.2. The molecular formula is C26H17F3N6O2S. The quantitative estimate of drug-likeness (QED) is 0.355. The van der Waals surface area contributed by atoms with E-state index in [1.54, 1.807) is 24.3 Å². The van der Waals surface area contributed by atoms with Crippen LogP contribution in [-0.4, -0.2) is 32.6 Å². The number of halogens is 3. The minimum Gasteiger partial charge on any atom is -0.452 e. The van der Waals surface area contributed by atoms with Gasteiger partial charge >= 0.3 is 0 Å². The summed E-state index contributed by atoms with van der Waals surface area (Å²) in [5, 5.41) is 3.05. The second-order valence-corrected chi connectivity index (χ2v) is 9.89. The fourth-order valence-corrected chi connectivity index (χ4v) is 5.78. The average Bonchev–Trinajstić information content (AvgIpc) is 2.90. The molecule has 1 atom stereocenters. The molecule has 0 aliphatic carbocycles. The van der Waals surface area contributed by atoms with Crippen LogP contribution in [0.15, 0.2) is 65.9 Å². The van der Waals surface area contributed by atoms with Crippen molar-refractivity contribution in [1.82, 2.24) is 15.0 Å². The largest absolute Gasteiger partial charge is 0.452 e. The van der Waals surface area contributed by atoms with Crippen LogP contribution in [0.4, 0.5) is 18.9 Å². The standard InChI is InChI=1S/C26H17F3N6O2S/c27-14-1-3-18(33-12-14)24(36)34-15-2-4-20-16(10-15)26(6-8-32-25(30)38-26)17-11-19(35-23(29)22(17)37-20)13-5-7-31-21(28)9-13/h1-5,7,9-12H,6,8H2,(H2,30,32)(H,34,36)/t26-/m0/s1. The average molecular weight is 535 g/mol. The molecule has 6 rings (SSSR count). The van der Waals surface area contributed by atoms with Gasteiger partial charge < -0.3 is 15.8 Å². The Hall–Kier alpha value is -4.45. The molecule has 5 heterocycles. The van der Waals surface area contributed by atoms with Crippen LogP contribution in [-0.2, 0) is 4.75 Å². The second kappa shape index (κ2) is 9.14. The molecule has 38 heavy (non-hydrogen) atoms. The number of nitrogens with two attached hydrogens (primary N) is 1. The number of carbonyl (C=O) groups excluding carboxylic acids is 1. The smallest absolute Gasteiger partial charge is 0.274 e. The summed E-state index contributed by atoms with van der Waals surface area (Å²) in [4.78, 5) is 28.4. The van der Waals surface area contributed by atoms with Gasteiger partial charge in [-0.2, -0.15) is 8.78 Å². The zero-order chi connectivity index (χ0) is 26.4. The number of ether oxygens (including phenoxy) is 1. The van der Waals surface area contributed by atoms with Crippen LogP contribution in [0.3, 0.4) is 0 Å². The van der Waals surface area contributed by atoms with Gasteiger partial charge in [0.05, 0.1) is 16.6 Å². The summed E-state index contributed by atoms with van der Waals surface area (Å²) in [6.07, 6.45) is 2.67. The van der Waals surface area contributed by atoms with E-state index in [0.717, 1.165) is 12.3 Å². The lowest BCUT2D eigenvalue weighted by atomic mass is 9.83. The van der Waals surface area contributed by atoms with E-state index < -0.39 is 28.4 Å². The third kappa shape index (κ3) is 4.12. The highest BCUT2D eigenvalue weighted by Gasteiger charge is 2.47. The van der Waals surface area contributed by atoms with E-state index >= 15 is 4.39 Å². The predicted molar refractivity (Wildman–Crippen MR) is 136 cm³/mol. The molecule has 0 saturated heterocycles. The van der Waals surface area contributed by atoms with Crippen LogP contribution in [0.25, 0.3) is 11.3 Å². The fourth-order valence-electron chi connectivity index (χ4n) is 4.55. The lowest BCUT2D eigenvalue weighted by Gasteiger charge is -2.41. The molecule has 0 fully saturated rings. The van der Waals surface area contributed by atoms with Crippen molar-refractivity contribution in [1.29, 1.82) is 0 Å². The van der Waals surface area contributed by atoms with Crippen molar-refractivity contribution in [3.05, 3.63) is 95.5 Å². The van der Waals surface area contributed by atoms with Crippen LogP contribution in [0.5, 0.6) is 11.5 Å². The van der Waals surface area contributed by atoms with Gasteiger partial charge in [0.25, 0.3) is 11.9 Å². The van der Waals surface area contributed by atoms with Crippen molar-refractivity contribution >= 4 is 28.5 Å². The highest BCUT2D eigenvalue weighted by Crippen LogP contribution is 2.58. The van der Waals surface area contributed by atoms with Crippen LogP contribution < -0.4 is 15.8 Å². The summed E-state index contributed by atoms with van der Waals surface area (Å²) in [5.41, 5.74) is 8.24. The van der Waals surface area contributed by atoms with E-state index in [-0.39, 0.29) is 17.1 Å². The van der Waals surface area contributed by atoms with E-state index in [0.29, 0.717) is 46.3 Å². The number of aromatic nitrogens is 3. The minimum absolute atomic E-state index is 0.0335. The third-order valence-corrected chi connectivity index (χ3v) is 7.57. The number of nitrogens with one attached hydrogen (secondary N) is 1. The lowest BCUT2D eigenvalue weighted by molar-refractivity contribution is 0.102. The molecule has 0 unspecified atom stereocenters. The van der Waals surface area contributed by atoms with Gasteiger partial charge in [0.1, 0.15) is 17.3 Å². The number of nitrogens with zero attached hydrogens (tertiary/aromatic N) is 4. The third-order valence-electron chi connectivity index (χ3n) is 6.24. The van der Waals surface area contributed by atoms with E-state index in [9.17, 15) is 13.6 Å². The Morgan fingerprint density at radius 2 is 1.92 bits per heavy atom. The number of fused-ring (bicyclic) bond motifs is 4. The predicted octanol–water partition coefficient (Wildman–Crippen LogP) is 5.01. The molecule has 190 valence electrons. The number of benzene rings is 1. The maximum Gasteiger partial charge on any atom is 0.274 e. The topological polar surface area (TPSA) is 115 Å². The first-order chi connectivity index (χ1) is 18.3. The molecule has 12 heteroatoms. The van der Waals surface area contributed by atoms with Crippen molar-refractivity contribution < 1.29 is 22.7 Å². The molecular weight excluding hydrogens is 517 g/mol. The molecule has 3 N–H and O–H groups in total. The Bertz CT molecular complexity index is 1630. The first-order valence-electron chi connectivity index (χ1n) is 11.4. The number of amidine groups is 1. The van der Waals surface area contributed by atoms with Gasteiger partial charge in [0.15, 0.2) is 10.9 Å². The molecule has 8 nitrogen and oxygen atoms in total. The summed E-state index contributed by atoms with van der Waals surface area (Å²) in [6.45, 7) is 0.358. The highest BCUT2D eigenvalue weighted by atomic mass is 32.2. The molecule has 1 amide bonds. The molecule has 1 spiro atoms. The molecule has 4 aromatic rings. The summed E-state index contributed by atoms with van der Waals surface area (Å²) in [5.74, 6) is -2.38. The number of hydrogen-bond donors (Lipinski definition) is 2. The SMILES string of the molecule is NC1=NCC[C@]2(S1)c1cc(NC(=O)c3ccc(F)cn3)ccc1Oc1c2cc(-c2ccnc(F)c2)nc1F. The molecule has 0 radical (unpaired) electrons. The van der Waals surface area contributed by atoms with Crippen LogP contribution >= 0.6 is 11.8 Å². The van der Waals surface area contributed by atoms with Gasteiger partial charge in [-0.3, -0.25) is 9.79 Å². The first kappa shape index (κ1) is 23.9. The fraction of sp³-hybridized carbons (Fsp3) is 0.115. The van der Waals surface area contributed by atoms with Gasteiger partial charge in [-0.15, -0.1) is 0 Å². The maximum absolute atomic E-state index is 15.4. The highest BCUT2D eigenvalue weighted by molar-refractivity contribution is 8.14. The van der Waals surface area contributed by atoms with Crippen LogP contribution in [0.1, 0.15) is 28.0 Å². The molecule has 2 aliphatic rings. The Kier molecular flexibility index (Phi) is 5.75. The van der Waals surface area contributed by atoms with Crippen molar-refractivity contribution in [2.45, 2.75) is 11.2 Å². The number of carbonyl (C=O) groups is 1. The molecule has 0 saturated carbocycles. The Labute approximate surface area is 218 Å². The summed E-state index contributed by atoms with van der Waals surface area (Å²) >= 11 is 1.24. The molecule has 1 aromatic carbocycles. The monoisotopic (exact) mass is 534 g/mol. The molecule has 3 aromatic heterocycles. The summed E-state index contributed by atoms with van der Waals surface area (Å²) < 4.78 is 47.5. The number of anilines is 1. The second-order valence-electron chi connectivity index (χ2n) is 8.57. The summed E-state index contributed by atoms with van der Waals surface area (Å²) in [6, 6.07) is 11.7. The van der Waals surface area contributed by atoms with Crippen molar-refractivity contribution in [3.63, 3.8) is 0 Å². The maximum atomic E-state index is 15.4. The Morgan fingerprint density at radius 1 is 1.05 bits per heavy atom. The zero-order valence-electron chi connectivity index (χ0n) is 19.4. The lowest BCUT2D eigenvalue weighted by Crippen LogP contribution is -2.35. The van der Waals surface area contributed by atoms with Crippen molar-refractivity contribution in [2.75, 3.05) is 11.9 Å². The van der Waals surface area contributed by atoms with Crippen LogP contribution in [0.2, 0.25) is 0 Å². The van der Waals surface area contributed by atoms with E-state index in [2.05, 4.69) is 25.3 Å². The van der Waals surface area contributed by atoms with Gasteiger partial charge in [0, 0.05) is 41.2 Å². The summed E-state index contributed by atoms with van der Waals surface area (Å²) in [7, 11) is 0. The first-order valence-corrected chi connectivity index (χ1v) is 12.2. The number of aliphatic imine (C=N–C) groups is 1. The minimum atomic E-state index is -0.937. The van der Waals surface area contributed by atoms with Gasteiger partial charge in [0.2, 0.25) is 5.95 Å². The normalized spacial score (nSPS) is 17.7. The number of amides is 1. The van der Waals surface area contributed by atoms with E-state index in [4.69, 9.17) is 10.5 Å². The molecule has 2 aliphatic heterocycles. The number of pyridine rings is 3. The Balaban J connectivity index is 1.46. The molecule has 0 bridgehead atoms.